The van der Waals surface area contributed by atoms with Crippen molar-refractivity contribution in [3.8, 4) is 0 Å². The number of nitrogens with two attached hydrogens (primary N) is 1. The van der Waals surface area contributed by atoms with Crippen molar-refractivity contribution in [2.24, 2.45) is 5.14 Å². The summed E-state index contributed by atoms with van der Waals surface area (Å²) in [4.78, 5) is 22.2. The number of carbonyl (C=O) groups is 2. The first-order chi connectivity index (χ1) is 7.79. The Kier molecular flexibility index (Phi) is 4.02. The molecule has 0 bridgehead atoms. The molecule has 6 nitrogen and oxygen atoms in total. The van der Waals surface area contributed by atoms with Crippen LogP contribution in [0.1, 0.15) is 33.9 Å². The molecule has 0 aromatic carbocycles. The third kappa shape index (κ3) is 2.90. The summed E-state index contributed by atoms with van der Waals surface area (Å²) in [6.07, 6.45) is 0. The maximum absolute atomic E-state index is 11.5. The normalized spacial score (nSPS) is 11.2. The zero-order chi connectivity index (χ0) is 13.2. The Hall–Kier alpha value is -1.25. The monoisotopic (exact) mass is 277 g/mol. The molecule has 0 unspecified atom stereocenters. The van der Waals surface area contributed by atoms with Crippen LogP contribution < -0.4 is 5.14 Å². The Morgan fingerprint density at radius 2 is 2.06 bits per heavy atom. The van der Waals surface area contributed by atoms with Crippen LogP contribution in [0.2, 0.25) is 0 Å². The maximum Gasteiger partial charge on any atom is 0.340 e. The maximum atomic E-state index is 11.5. The molecule has 1 aromatic rings. The average Bonchev–Trinajstić information content (AvgIpc) is 2.61. The predicted molar refractivity (Wildman–Crippen MR) is 61.7 cm³/mol. The third-order valence-electron chi connectivity index (χ3n) is 1.85. The van der Waals surface area contributed by atoms with Crippen molar-refractivity contribution in [3.05, 3.63) is 15.8 Å². The van der Waals surface area contributed by atoms with E-state index in [1.54, 1.807) is 6.92 Å². The molecule has 94 valence electrons. The summed E-state index contributed by atoms with van der Waals surface area (Å²) >= 11 is 0.856. The Morgan fingerprint density at radius 1 is 1.47 bits per heavy atom. The smallest absolute Gasteiger partial charge is 0.340 e. The summed E-state index contributed by atoms with van der Waals surface area (Å²) in [7, 11) is -4.14. The van der Waals surface area contributed by atoms with Gasteiger partial charge in [-0.1, -0.05) is 0 Å². The number of thiophene rings is 1. The van der Waals surface area contributed by atoms with Gasteiger partial charge in [-0.3, -0.25) is 4.79 Å². The van der Waals surface area contributed by atoms with E-state index < -0.39 is 26.7 Å². The molecule has 1 aromatic heterocycles. The van der Waals surface area contributed by atoms with Crippen molar-refractivity contribution in [1.29, 1.82) is 0 Å². The van der Waals surface area contributed by atoms with Gasteiger partial charge in [0.25, 0.3) is 0 Å². The van der Waals surface area contributed by atoms with Crippen LogP contribution in [0.3, 0.4) is 0 Å². The summed E-state index contributed by atoms with van der Waals surface area (Å²) < 4.78 is 27.4. The fourth-order valence-corrected chi connectivity index (χ4v) is 3.47. The standard InChI is InChI=1S/C9H11NO5S2/c1-3-15-9(12)6-4-16-7(5(2)11)8(6)17(10,13)14/h4H,3H2,1-2H3,(H2,10,13,14). The van der Waals surface area contributed by atoms with Crippen LogP contribution in [0.15, 0.2) is 10.3 Å². The molecule has 0 saturated heterocycles. The first kappa shape index (κ1) is 13.8. The van der Waals surface area contributed by atoms with Gasteiger partial charge in [-0.25, -0.2) is 18.4 Å². The molecule has 0 spiro atoms. The van der Waals surface area contributed by atoms with E-state index in [4.69, 9.17) is 9.88 Å². The molecular formula is C9H11NO5S2. The van der Waals surface area contributed by atoms with E-state index in [2.05, 4.69) is 0 Å². The second-order valence-electron chi connectivity index (χ2n) is 3.13. The highest BCUT2D eigenvalue weighted by Gasteiger charge is 2.28. The predicted octanol–water partition coefficient (Wildman–Crippen LogP) is 0.775. The SMILES string of the molecule is CCOC(=O)c1csc(C(C)=O)c1S(N)(=O)=O. The van der Waals surface area contributed by atoms with Gasteiger partial charge < -0.3 is 4.74 Å². The Balaban J connectivity index is 3.44. The van der Waals surface area contributed by atoms with E-state index >= 15 is 0 Å². The van der Waals surface area contributed by atoms with Crippen LogP contribution in [0.25, 0.3) is 0 Å². The first-order valence-electron chi connectivity index (χ1n) is 4.61. The average molecular weight is 277 g/mol. The highest BCUT2D eigenvalue weighted by molar-refractivity contribution is 7.89. The summed E-state index contributed by atoms with van der Waals surface area (Å²) in [6.45, 7) is 2.90. The minimum atomic E-state index is -4.14. The quantitative estimate of drug-likeness (QED) is 0.646. The van der Waals surface area contributed by atoms with E-state index in [0.29, 0.717) is 0 Å². The van der Waals surface area contributed by atoms with E-state index in [1.807, 2.05) is 0 Å². The van der Waals surface area contributed by atoms with Crippen LogP contribution in [-0.2, 0) is 14.8 Å². The molecule has 0 aliphatic carbocycles. The van der Waals surface area contributed by atoms with Gasteiger partial charge in [-0.15, -0.1) is 11.3 Å². The van der Waals surface area contributed by atoms with Crippen molar-refractivity contribution in [2.75, 3.05) is 6.61 Å². The van der Waals surface area contributed by atoms with Crippen LogP contribution >= 0.6 is 11.3 Å². The molecular weight excluding hydrogens is 266 g/mol. The Labute approximate surface area is 102 Å². The van der Waals surface area contributed by atoms with Crippen molar-refractivity contribution < 1.29 is 22.7 Å². The van der Waals surface area contributed by atoms with Gasteiger partial charge in [-0.05, 0) is 13.8 Å². The van der Waals surface area contributed by atoms with Crippen molar-refractivity contribution in [2.45, 2.75) is 18.7 Å². The summed E-state index contributed by atoms with van der Waals surface area (Å²) in [5.41, 5.74) is -0.190. The summed E-state index contributed by atoms with van der Waals surface area (Å²) in [5, 5.41) is 6.25. The number of sulfonamides is 1. The number of primary sulfonamides is 1. The van der Waals surface area contributed by atoms with E-state index in [1.165, 1.54) is 12.3 Å². The van der Waals surface area contributed by atoms with Crippen LogP contribution in [0.4, 0.5) is 0 Å². The van der Waals surface area contributed by atoms with Gasteiger partial charge in [0.1, 0.15) is 4.90 Å². The zero-order valence-electron chi connectivity index (χ0n) is 9.22. The second-order valence-corrected chi connectivity index (χ2v) is 5.51. The number of rotatable bonds is 4. The van der Waals surface area contributed by atoms with Crippen molar-refractivity contribution in [3.63, 3.8) is 0 Å². The number of ether oxygens (including phenoxy) is 1. The molecule has 0 aliphatic rings. The molecule has 1 heterocycles. The molecule has 0 aliphatic heterocycles. The van der Waals surface area contributed by atoms with Gasteiger partial charge in [0.05, 0.1) is 17.0 Å². The lowest BCUT2D eigenvalue weighted by Gasteiger charge is -2.03. The third-order valence-corrected chi connectivity index (χ3v) is 4.05. The second kappa shape index (κ2) is 4.94. The van der Waals surface area contributed by atoms with Gasteiger partial charge in [-0.2, -0.15) is 0 Å². The number of carbonyl (C=O) groups excluding carboxylic acids is 2. The summed E-state index contributed by atoms with van der Waals surface area (Å²) in [5.74, 6) is -1.27. The first-order valence-corrected chi connectivity index (χ1v) is 7.04. The van der Waals surface area contributed by atoms with Crippen LogP contribution in [0.5, 0.6) is 0 Å². The van der Waals surface area contributed by atoms with Crippen LogP contribution in [0, 0.1) is 0 Å². The number of esters is 1. The molecule has 0 atom stereocenters. The van der Waals surface area contributed by atoms with Crippen LogP contribution in [-0.4, -0.2) is 26.8 Å². The minimum absolute atomic E-state index is 0.0597. The zero-order valence-corrected chi connectivity index (χ0v) is 10.9. The molecule has 0 fully saturated rings. The fourth-order valence-electron chi connectivity index (χ4n) is 1.22. The molecule has 8 heteroatoms. The topological polar surface area (TPSA) is 104 Å². The Morgan fingerprint density at radius 3 is 2.47 bits per heavy atom. The molecule has 1 rings (SSSR count). The van der Waals surface area contributed by atoms with E-state index in [9.17, 15) is 18.0 Å². The van der Waals surface area contributed by atoms with E-state index in [0.717, 1.165) is 11.3 Å². The van der Waals surface area contributed by atoms with Gasteiger partial charge in [0, 0.05) is 5.38 Å². The molecule has 0 saturated carbocycles. The van der Waals surface area contributed by atoms with Gasteiger partial charge in [0.2, 0.25) is 10.0 Å². The lowest BCUT2D eigenvalue weighted by atomic mass is 10.2. The molecule has 0 amide bonds. The molecule has 2 N–H and O–H groups in total. The highest BCUT2D eigenvalue weighted by atomic mass is 32.2. The van der Waals surface area contributed by atoms with Crippen molar-refractivity contribution >= 4 is 33.1 Å². The number of ketones is 1. The molecule has 17 heavy (non-hydrogen) atoms. The number of hydrogen-bond acceptors (Lipinski definition) is 6. The molecule has 0 radical (unpaired) electrons. The largest absolute Gasteiger partial charge is 0.462 e. The van der Waals surface area contributed by atoms with Crippen molar-refractivity contribution in [1.82, 2.24) is 0 Å². The van der Waals surface area contributed by atoms with Gasteiger partial charge >= 0.3 is 5.97 Å². The lowest BCUT2D eigenvalue weighted by Crippen LogP contribution is -2.18. The number of hydrogen-bond donors (Lipinski definition) is 1. The minimum Gasteiger partial charge on any atom is -0.462 e. The Bertz CT molecular complexity index is 558. The lowest BCUT2D eigenvalue weighted by molar-refractivity contribution is 0.0522. The summed E-state index contributed by atoms with van der Waals surface area (Å²) in [6, 6.07) is 0. The van der Waals surface area contributed by atoms with Gasteiger partial charge in [0.15, 0.2) is 5.78 Å². The highest BCUT2D eigenvalue weighted by Crippen LogP contribution is 2.27. The number of Topliss-reactive ketones (excluding diaryl/α,β-unsaturated/α-hetero) is 1. The fraction of sp³-hybridized carbons (Fsp3) is 0.333. The van der Waals surface area contributed by atoms with E-state index in [-0.39, 0.29) is 17.0 Å².